The number of aromatic amines is 1. The zero-order valence-corrected chi connectivity index (χ0v) is 12.3. The van der Waals surface area contributed by atoms with Crippen LogP contribution in [0.15, 0.2) is 21.2 Å². The van der Waals surface area contributed by atoms with Crippen LogP contribution in [0.25, 0.3) is 11.2 Å². The van der Waals surface area contributed by atoms with Gasteiger partial charge in [-0.05, 0) is 25.7 Å². The van der Waals surface area contributed by atoms with Gasteiger partial charge in [-0.25, -0.2) is 4.79 Å². The Kier molecular flexibility index (Phi) is 3.40. The van der Waals surface area contributed by atoms with Gasteiger partial charge in [-0.3, -0.25) is 13.9 Å². The number of H-pyrrole nitrogens is 1. The number of allylic oxidation sites excluding steroid dienone is 1. The fourth-order valence-corrected chi connectivity index (χ4v) is 2.72. The minimum absolute atomic E-state index is 0.349. The van der Waals surface area contributed by atoms with Crippen LogP contribution in [0.5, 0.6) is 0 Å². The van der Waals surface area contributed by atoms with Crippen molar-refractivity contribution in [2.24, 2.45) is 14.1 Å². The highest BCUT2D eigenvalue weighted by molar-refractivity contribution is 5.72. The predicted octanol–water partition coefficient (Wildman–Crippen LogP) is 0.873. The van der Waals surface area contributed by atoms with E-state index in [1.807, 2.05) is 0 Å². The van der Waals surface area contributed by atoms with Crippen LogP contribution in [0.2, 0.25) is 0 Å². The lowest BCUT2D eigenvalue weighted by Gasteiger charge is -2.03. The summed E-state index contributed by atoms with van der Waals surface area (Å²) in [5.74, 6) is 0.530. The van der Waals surface area contributed by atoms with Crippen molar-refractivity contribution < 1.29 is 0 Å². The van der Waals surface area contributed by atoms with E-state index >= 15 is 0 Å². The van der Waals surface area contributed by atoms with Crippen molar-refractivity contribution in [3.8, 4) is 0 Å². The summed E-state index contributed by atoms with van der Waals surface area (Å²) in [6.07, 6.45) is 6.88. The summed E-state index contributed by atoms with van der Waals surface area (Å²) in [4.78, 5) is 31.1. The third-order valence-corrected chi connectivity index (χ3v) is 3.97. The Morgan fingerprint density at radius 1 is 1.33 bits per heavy atom. The average Bonchev–Trinajstić information content (AvgIpc) is 3.12. The molecule has 21 heavy (non-hydrogen) atoms. The Bertz CT molecular complexity index is 824. The lowest BCUT2D eigenvalue weighted by atomic mass is 10.2. The molecule has 0 aromatic carbocycles. The van der Waals surface area contributed by atoms with E-state index < -0.39 is 0 Å². The third-order valence-electron chi connectivity index (χ3n) is 3.97. The van der Waals surface area contributed by atoms with Crippen molar-refractivity contribution >= 4 is 17.1 Å². The molecule has 2 aromatic heterocycles. The number of aryl methyl sites for hydroxylation is 1. The van der Waals surface area contributed by atoms with E-state index in [4.69, 9.17) is 0 Å². The molecule has 2 heterocycles. The molecule has 2 aromatic rings. The first-order chi connectivity index (χ1) is 10.1. The summed E-state index contributed by atoms with van der Waals surface area (Å²) in [5, 5.41) is 3.18. The quantitative estimate of drug-likeness (QED) is 0.818. The van der Waals surface area contributed by atoms with Crippen LogP contribution in [0.1, 0.15) is 25.7 Å². The molecule has 0 fully saturated rings. The number of fused-ring (bicyclic) bond motifs is 1. The zero-order valence-electron chi connectivity index (χ0n) is 12.3. The van der Waals surface area contributed by atoms with Gasteiger partial charge in [0.25, 0.3) is 5.56 Å². The summed E-state index contributed by atoms with van der Waals surface area (Å²) >= 11 is 0. The first-order valence-electron chi connectivity index (χ1n) is 7.15. The maximum Gasteiger partial charge on any atom is 0.332 e. The number of hydrogen-bond acceptors (Lipinski definition) is 4. The maximum atomic E-state index is 12.0. The van der Waals surface area contributed by atoms with Gasteiger partial charge in [-0.1, -0.05) is 11.6 Å². The molecule has 0 saturated heterocycles. The highest BCUT2D eigenvalue weighted by Gasteiger charge is 2.13. The van der Waals surface area contributed by atoms with Crippen molar-refractivity contribution in [3.05, 3.63) is 32.5 Å². The molecular formula is C14H19N5O2. The maximum absolute atomic E-state index is 12.0. The molecule has 0 radical (unpaired) electrons. The van der Waals surface area contributed by atoms with Crippen LogP contribution in [-0.4, -0.2) is 25.6 Å². The molecule has 7 heteroatoms. The van der Waals surface area contributed by atoms with Crippen LogP contribution in [0, 0.1) is 0 Å². The Labute approximate surface area is 121 Å². The molecule has 1 aliphatic rings. The van der Waals surface area contributed by atoms with Gasteiger partial charge >= 0.3 is 5.69 Å². The molecule has 0 aliphatic heterocycles. The second kappa shape index (κ2) is 5.23. The summed E-state index contributed by atoms with van der Waals surface area (Å²) in [6, 6.07) is 0. The number of anilines is 1. The standard InChI is InChI=1S/C14H19N5O2/c1-18-11-10(12(20)19(2)14(18)21)16-13(17-11)15-8-7-9-5-3-4-6-9/h5H,3-4,6-8H2,1-2H3,(H2,15,16,17). The molecule has 0 amide bonds. The van der Waals surface area contributed by atoms with Crippen LogP contribution in [-0.2, 0) is 14.1 Å². The van der Waals surface area contributed by atoms with Crippen molar-refractivity contribution in [1.29, 1.82) is 0 Å². The minimum atomic E-state index is -0.373. The number of imidazole rings is 1. The second-order valence-corrected chi connectivity index (χ2v) is 5.42. The third kappa shape index (κ3) is 2.39. The smallest absolute Gasteiger partial charge is 0.332 e. The van der Waals surface area contributed by atoms with Gasteiger partial charge in [0.05, 0.1) is 0 Å². The van der Waals surface area contributed by atoms with Crippen LogP contribution in [0.3, 0.4) is 0 Å². The van der Waals surface area contributed by atoms with Crippen molar-refractivity contribution in [2.45, 2.75) is 25.7 Å². The molecule has 0 atom stereocenters. The molecule has 1 aliphatic carbocycles. The number of hydrogen-bond donors (Lipinski definition) is 2. The van der Waals surface area contributed by atoms with Crippen LogP contribution in [0.4, 0.5) is 5.95 Å². The fourth-order valence-electron chi connectivity index (χ4n) is 2.72. The molecule has 0 saturated carbocycles. The van der Waals surface area contributed by atoms with E-state index in [1.54, 1.807) is 7.05 Å². The van der Waals surface area contributed by atoms with Crippen LogP contribution >= 0.6 is 0 Å². The Balaban J connectivity index is 1.84. The highest BCUT2D eigenvalue weighted by Crippen LogP contribution is 2.20. The largest absolute Gasteiger partial charge is 0.355 e. The number of nitrogens with zero attached hydrogens (tertiary/aromatic N) is 3. The van der Waals surface area contributed by atoms with Gasteiger partial charge in [0.15, 0.2) is 11.2 Å². The van der Waals surface area contributed by atoms with Crippen LogP contribution < -0.4 is 16.6 Å². The molecule has 0 spiro atoms. The number of rotatable bonds is 4. The predicted molar refractivity (Wildman–Crippen MR) is 81.6 cm³/mol. The van der Waals surface area contributed by atoms with E-state index in [1.165, 1.54) is 36.5 Å². The summed E-state index contributed by atoms with van der Waals surface area (Å²) in [7, 11) is 3.07. The van der Waals surface area contributed by atoms with Gasteiger partial charge in [-0.15, -0.1) is 0 Å². The van der Waals surface area contributed by atoms with Gasteiger partial charge < -0.3 is 10.3 Å². The van der Waals surface area contributed by atoms with E-state index in [2.05, 4.69) is 21.4 Å². The minimum Gasteiger partial charge on any atom is -0.355 e. The fraction of sp³-hybridized carbons (Fsp3) is 0.500. The van der Waals surface area contributed by atoms with Crippen molar-refractivity contribution in [2.75, 3.05) is 11.9 Å². The lowest BCUT2D eigenvalue weighted by molar-refractivity contribution is 0.709. The van der Waals surface area contributed by atoms with Gasteiger partial charge in [0.2, 0.25) is 5.95 Å². The topological polar surface area (TPSA) is 84.7 Å². The Morgan fingerprint density at radius 3 is 2.86 bits per heavy atom. The number of aromatic nitrogens is 4. The highest BCUT2D eigenvalue weighted by atomic mass is 16.2. The second-order valence-electron chi connectivity index (χ2n) is 5.42. The van der Waals surface area contributed by atoms with Crippen molar-refractivity contribution in [1.82, 2.24) is 19.1 Å². The molecule has 7 nitrogen and oxygen atoms in total. The summed E-state index contributed by atoms with van der Waals surface area (Å²) < 4.78 is 2.45. The van der Waals surface area contributed by atoms with E-state index in [0.29, 0.717) is 17.1 Å². The Hall–Kier alpha value is -2.31. The molecule has 2 N–H and O–H groups in total. The zero-order chi connectivity index (χ0) is 15.0. The number of nitrogens with one attached hydrogen (secondary N) is 2. The van der Waals surface area contributed by atoms with Gasteiger partial charge in [0, 0.05) is 20.6 Å². The van der Waals surface area contributed by atoms with E-state index in [-0.39, 0.29) is 11.2 Å². The normalized spacial score (nSPS) is 14.7. The van der Waals surface area contributed by atoms with Gasteiger partial charge in [0.1, 0.15) is 0 Å². The van der Waals surface area contributed by atoms with E-state index in [9.17, 15) is 9.59 Å². The molecule has 0 bridgehead atoms. The Morgan fingerprint density at radius 2 is 2.14 bits per heavy atom. The first kappa shape index (κ1) is 13.7. The SMILES string of the molecule is Cn1c(=O)c2[nH]c(NCCC3=CCCC3)nc2n(C)c1=O. The lowest BCUT2D eigenvalue weighted by Crippen LogP contribution is -2.36. The summed E-state index contributed by atoms with van der Waals surface area (Å²) in [5.41, 5.74) is 1.48. The molecule has 112 valence electrons. The summed E-state index contributed by atoms with van der Waals surface area (Å²) in [6.45, 7) is 0.764. The molecule has 0 unspecified atom stereocenters. The average molecular weight is 289 g/mol. The van der Waals surface area contributed by atoms with Gasteiger partial charge in [-0.2, -0.15) is 4.98 Å². The monoisotopic (exact) mass is 289 g/mol. The molecular weight excluding hydrogens is 270 g/mol. The van der Waals surface area contributed by atoms with E-state index in [0.717, 1.165) is 17.5 Å². The molecule has 3 rings (SSSR count). The first-order valence-corrected chi connectivity index (χ1v) is 7.15. The van der Waals surface area contributed by atoms with Crippen molar-refractivity contribution in [3.63, 3.8) is 0 Å².